The number of imidazole rings is 1. The number of nitriles is 1. The molecule has 1 aromatic carbocycles. The third-order valence-corrected chi connectivity index (χ3v) is 4.13. The molecule has 0 radical (unpaired) electrons. The minimum absolute atomic E-state index is 0.0542. The van der Waals surface area contributed by atoms with Crippen LogP contribution >= 0.6 is 0 Å². The summed E-state index contributed by atoms with van der Waals surface area (Å²) in [6.07, 6.45) is 6.17. The van der Waals surface area contributed by atoms with Crippen molar-refractivity contribution >= 4 is 11.6 Å². The zero-order chi connectivity index (χ0) is 16.4. The third-order valence-electron chi connectivity index (χ3n) is 4.13. The third kappa shape index (κ3) is 2.66. The van der Waals surface area contributed by atoms with E-state index in [0.717, 1.165) is 24.2 Å². The highest BCUT2D eigenvalue weighted by Crippen LogP contribution is 2.38. The number of anilines is 1. The number of fused-ring (bicyclic) bond motifs is 1. The van der Waals surface area contributed by atoms with Gasteiger partial charge in [-0.1, -0.05) is 12.1 Å². The predicted octanol–water partition coefficient (Wildman–Crippen LogP) is 2.06. The highest BCUT2D eigenvalue weighted by atomic mass is 16.2. The fourth-order valence-electron chi connectivity index (χ4n) is 3.03. The Kier molecular flexibility index (Phi) is 4.02. The summed E-state index contributed by atoms with van der Waals surface area (Å²) in [6, 6.07) is 7.48. The van der Waals surface area contributed by atoms with E-state index >= 15 is 0 Å². The molecule has 118 valence electrons. The maximum atomic E-state index is 12.8. The van der Waals surface area contributed by atoms with Gasteiger partial charge < -0.3 is 14.4 Å². The normalized spacial score (nSPS) is 16.3. The van der Waals surface area contributed by atoms with E-state index in [9.17, 15) is 10.1 Å². The van der Waals surface area contributed by atoms with Gasteiger partial charge >= 0.3 is 0 Å². The molecule has 1 aromatic heterocycles. The van der Waals surface area contributed by atoms with Crippen LogP contribution in [0.25, 0.3) is 0 Å². The van der Waals surface area contributed by atoms with Gasteiger partial charge in [0.1, 0.15) is 6.04 Å². The Hall–Kier alpha value is -2.81. The molecule has 0 N–H and O–H groups in total. The number of hydrogen-bond acceptors (Lipinski definition) is 4. The van der Waals surface area contributed by atoms with Gasteiger partial charge in [0, 0.05) is 50.8 Å². The van der Waals surface area contributed by atoms with Crippen LogP contribution in [0.2, 0.25) is 0 Å². The van der Waals surface area contributed by atoms with Crippen molar-refractivity contribution in [2.24, 2.45) is 0 Å². The molecular weight excluding hydrogens is 290 g/mol. The summed E-state index contributed by atoms with van der Waals surface area (Å²) in [5.74, 6) is -0.0542. The molecule has 2 aromatic rings. The van der Waals surface area contributed by atoms with Crippen molar-refractivity contribution < 1.29 is 4.79 Å². The number of nitrogens with zero attached hydrogens (tertiary/aromatic N) is 5. The van der Waals surface area contributed by atoms with Crippen LogP contribution in [0.5, 0.6) is 0 Å². The molecule has 0 spiro atoms. The van der Waals surface area contributed by atoms with Crippen LogP contribution in [-0.4, -0.2) is 41.0 Å². The summed E-state index contributed by atoms with van der Waals surface area (Å²) in [5.41, 5.74) is 2.34. The quantitative estimate of drug-likeness (QED) is 0.848. The second-order valence-corrected chi connectivity index (χ2v) is 5.82. The monoisotopic (exact) mass is 309 g/mol. The molecule has 2 heterocycles. The van der Waals surface area contributed by atoms with E-state index in [1.54, 1.807) is 17.4 Å². The SMILES string of the molecule is CN(C)c1cccc2c1C(=O)N(CCCn1ccnc1)C2C#N. The average molecular weight is 309 g/mol. The highest BCUT2D eigenvalue weighted by Gasteiger charge is 2.38. The van der Waals surface area contributed by atoms with Crippen LogP contribution in [0.3, 0.4) is 0 Å². The van der Waals surface area contributed by atoms with Gasteiger partial charge in [0.2, 0.25) is 0 Å². The molecule has 0 saturated carbocycles. The maximum Gasteiger partial charge on any atom is 0.257 e. The van der Waals surface area contributed by atoms with E-state index in [1.807, 2.05) is 48.0 Å². The predicted molar refractivity (Wildman–Crippen MR) is 87.0 cm³/mol. The highest BCUT2D eigenvalue weighted by molar-refractivity contribution is 6.04. The lowest BCUT2D eigenvalue weighted by molar-refractivity contribution is 0.0754. The molecule has 6 nitrogen and oxygen atoms in total. The molecule has 6 heteroatoms. The summed E-state index contributed by atoms with van der Waals surface area (Å²) in [6.45, 7) is 1.33. The van der Waals surface area contributed by atoms with Crippen LogP contribution < -0.4 is 4.90 Å². The molecule has 3 rings (SSSR count). The molecule has 1 amide bonds. The van der Waals surface area contributed by atoms with Crippen LogP contribution in [0.15, 0.2) is 36.9 Å². The maximum absolute atomic E-state index is 12.8. The lowest BCUT2D eigenvalue weighted by atomic mass is 10.0. The molecule has 0 fully saturated rings. The molecule has 0 saturated heterocycles. The van der Waals surface area contributed by atoms with Gasteiger partial charge in [0.05, 0.1) is 18.0 Å². The lowest BCUT2D eigenvalue weighted by Gasteiger charge is -2.20. The van der Waals surface area contributed by atoms with Crippen molar-refractivity contribution in [3.05, 3.63) is 48.0 Å². The van der Waals surface area contributed by atoms with Gasteiger partial charge in [-0.15, -0.1) is 0 Å². The van der Waals surface area contributed by atoms with Crippen molar-refractivity contribution in [1.29, 1.82) is 5.26 Å². The summed E-state index contributed by atoms with van der Waals surface area (Å²) < 4.78 is 1.97. The smallest absolute Gasteiger partial charge is 0.257 e. The second-order valence-electron chi connectivity index (χ2n) is 5.82. The van der Waals surface area contributed by atoms with E-state index in [4.69, 9.17) is 0 Å². The Labute approximate surface area is 135 Å². The Balaban J connectivity index is 1.81. The van der Waals surface area contributed by atoms with E-state index in [1.165, 1.54) is 0 Å². The first kappa shape index (κ1) is 15.1. The fourth-order valence-corrected chi connectivity index (χ4v) is 3.03. The van der Waals surface area contributed by atoms with Crippen LogP contribution in [0.1, 0.15) is 28.4 Å². The van der Waals surface area contributed by atoms with Crippen molar-refractivity contribution in [3.63, 3.8) is 0 Å². The van der Waals surface area contributed by atoms with E-state index < -0.39 is 6.04 Å². The minimum Gasteiger partial charge on any atom is -0.377 e. The number of rotatable bonds is 5. The Bertz CT molecular complexity index is 745. The second kappa shape index (κ2) is 6.13. The number of amides is 1. The molecule has 1 unspecified atom stereocenters. The fraction of sp³-hybridized carbons (Fsp3) is 0.353. The average Bonchev–Trinajstić information content (AvgIpc) is 3.14. The van der Waals surface area contributed by atoms with Gasteiger partial charge in [-0.05, 0) is 12.5 Å². The Morgan fingerprint density at radius 3 is 2.83 bits per heavy atom. The molecule has 23 heavy (non-hydrogen) atoms. The van der Waals surface area contributed by atoms with Gasteiger partial charge in [0.25, 0.3) is 5.91 Å². The number of carbonyl (C=O) groups is 1. The number of carbonyl (C=O) groups excluding carboxylic acids is 1. The molecule has 0 aliphatic carbocycles. The summed E-state index contributed by atoms with van der Waals surface area (Å²) in [4.78, 5) is 20.4. The largest absolute Gasteiger partial charge is 0.377 e. The molecule has 1 atom stereocenters. The number of hydrogen-bond donors (Lipinski definition) is 0. The van der Waals surface area contributed by atoms with Gasteiger partial charge in [-0.2, -0.15) is 5.26 Å². The lowest BCUT2D eigenvalue weighted by Crippen LogP contribution is -2.29. The Morgan fingerprint density at radius 1 is 1.35 bits per heavy atom. The van der Waals surface area contributed by atoms with Crippen molar-refractivity contribution in [1.82, 2.24) is 14.5 Å². The van der Waals surface area contributed by atoms with Crippen molar-refractivity contribution in [3.8, 4) is 6.07 Å². The minimum atomic E-state index is -0.500. The number of aryl methyl sites for hydroxylation is 1. The standard InChI is InChI=1S/C17H19N5O/c1-20(2)14-6-3-5-13-15(11-18)22(17(23)16(13)14)9-4-8-21-10-7-19-12-21/h3,5-7,10,12,15H,4,8-9H2,1-2H3. The van der Waals surface area contributed by atoms with E-state index in [2.05, 4.69) is 11.1 Å². The summed E-state index contributed by atoms with van der Waals surface area (Å²) in [5, 5.41) is 9.54. The van der Waals surface area contributed by atoms with Gasteiger partial charge in [-0.3, -0.25) is 4.79 Å². The van der Waals surface area contributed by atoms with E-state index in [0.29, 0.717) is 12.1 Å². The Morgan fingerprint density at radius 2 is 2.17 bits per heavy atom. The first-order valence-electron chi connectivity index (χ1n) is 7.60. The van der Waals surface area contributed by atoms with Gasteiger partial charge in [-0.25, -0.2) is 4.98 Å². The topological polar surface area (TPSA) is 65.2 Å². The molecule has 0 bridgehead atoms. The zero-order valence-corrected chi connectivity index (χ0v) is 13.3. The number of aromatic nitrogens is 2. The van der Waals surface area contributed by atoms with E-state index in [-0.39, 0.29) is 5.91 Å². The first-order chi connectivity index (χ1) is 11.1. The van der Waals surface area contributed by atoms with Crippen LogP contribution in [0, 0.1) is 11.3 Å². The van der Waals surface area contributed by atoms with Crippen LogP contribution in [-0.2, 0) is 6.54 Å². The van der Waals surface area contributed by atoms with Crippen LogP contribution in [0.4, 0.5) is 5.69 Å². The summed E-state index contributed by atoms with van der Waals surface area (Å²) >= 11 is 0. The zero-order valence-electron chi connectivity index (χ0n) is 13.3. The molecule has 1 aliphatic rings. The van der Waals surface area contributed by atoms with Crippen molar-refractivity contribution in [2.45, 2.75) is 19.0 Å². The summed E-state index contributed by atoms with van der Waals surface area (Å²) in [7, 11) is 3.82. The number of benzene rings is 1. The molecule has 1 aliphatic heterocycles. The molecular formula is C17H19N5O. The van der Waals surface area contributed by atoms with Crippen molar-refractivity contribution in [2.75, 3.05) is 25.5 Å². The first-order valence-corrected chi connectivity index (χ1v) is 7.60. The van der Waals surface area contributed by atoms with Gasteiger partial charge in [0.15, 0.2) is 0 Å².